The van der Waals surface area contributed by atoms with E-state index in [9.17, 15) is 19.8 Å². The van der Waals surface area contributed by atoms with Gasteiger partial charge in [-0.25, -0.2) is 0 Å². The van der Waals surface area contributed by atoms with E-state index in [0.717, 1.165) is 0 Å². The van der Waals surface area contributed by atoms with Gasteiger partial charge in [-0.3, -0.25) is 9.59 Å². The molecular formula is C10H10ClNO4. The summed E-state index contributed by atoms with van der Waals surface area (Å²) in [7, 11) is 0. The average Bonchev–Trinajstić information content (AvgIpc) is 2.26. The second-order valence-corrected chi connectivity index (χ2v) is 3.56. The molecule has 86 valence electrons. The molecule has 0 aliphatic heterocycles. The molecule has 0 saturated heterocycles. The highest BCUT2D eigenvalue weighted by Gasteiger charge is 2.26. The number of hydrogen-bond donors (Lipinski definition) is 3. The largest absolute Gasteiger partial charge is 0.385 e. The molecule has 2 atom stereocenters. The number of aldehydes is 1. The summed E-state index contributed by atoms with van der Waals surface area (Å²) in [4.78, 5) is 21.4. The van der Waals surface area contributed by atoms with Crippen LogP contribution in [0.15, 0.2) is 18.2 Å². The number of amides is 1. The highest BCUT2D eigenvalue weighted by atomic mass is 35.5. The molecule has 0 aliphatic rings. The lowest BCUT2D eigenvalue weighted by Crippen LogP contribution is -2.34. The van der Waals surface area contributed by atoms with Crippen molar-refractivity contribution in [3.8, 4) is 0 Å². The third-order valence-electron chi connectivity index (χ3n) is 2.11. The van der Waals surface area contributed by atoms with Gasteiger partial charge in [-0.05, 0) is 11.6 Å². The molecule has 0 aromatic heterocycles. The van der Waals surface area contributed by atoms with Crippen molar-refractivity contribution in [3.63, 3.8) is 0 Å². The summed E-state index contributed by atoms with van der Waals surface area (Å²) >= 11 is 5.72. The molecule has 6 heteroatoms. The van der Waals surface area contributed by atoms with E-state index in [-0.39, 0.29) is 16.1 Å². The van der Waals surface area contributed by atoms with E-state index in [0.29, 0.717) is 6.29 Å². The number of nitrogens with two attached hydrogens (primary N) is 1. The van der Waals surface area contributed by atoms with E-state index < -0.39 is 18.1 Å². The van der Waals surface area contributed by atoms with Crippen LogP contribution < -0.4 is 5.73 Å². The predicted octanol–water partition coefficient (Wildman–Crippen LogP) is 0.0321. The summed E-state index contributed by atoms with van der Waals surface area (Å²) in [5, 5.41) is 19.0. The van der Waals surface area contributed by atoms with E-state index in [2.05, 4.69) is 0 Å². The van der Waals surface area contributed by atoms with Crippen molar-refractivity contribution in [2.75, 3.05) is 0 Å². The maximum absolute atomic E-state index is 10.8. The molecule has 0 aliphatic carbocycles. The van der Waals surface area contributed by atoms with Crippen LogP contribution in [0.5, 0.6) is 0 Å². The quantitative estimate of drug-likeness (QED) is 0.650. The van der Waals surface area contributed by atoms with Crippen molar-refractivity contribution < 1.29 is 19.8 Å². The monoisotopic (exact) mass is 243 g/mol. The molecule has 1 amide bonds. The van der Waals surface area contributed by atoms with Crippen LogP contribution in [0.1, 0.15) is 22.0 Å². The van der Waals surface area contributed by atoms with E-state index >= 15 is 0 Å². The average molecular weight is 244 g/mol. The van der Waals surface area contributed by atoms with E-state index in [1.54, 1.807) is 0 Å². The number of carbonyl (C=O) groups excluding carboxylic acids is 2. The van der Waals surface area contributed by atoms with Crippen LogP contribution in [0.3, 0.4) is 0 Å². The minimum absolute atomic E-state index is 0.0250. The molecule has 5 nitrogen and oxygen atoms in total. The Morgan fingerprint density at radius 1 is 1.44 bits per heavy atom. The zero-order chi connectivity index (χ0) is 12.3. The van der Waals surface area contributed by atoms with Crippen LogP contribution >= 0.6 is 11.6 Å². The van der Waals surface area contributed by atoms with Gasteiger partial charge in [0.2, 0.25) is 5.91 Å². The lowest BCUT2D eigenvalue weighted by molar-refractivity contribution is -0.132. The number of primary amides is 1. The molecule has 16 heavy (non-hydrogen) atoms. The van der Waals surface area contributed by atoms with E-state index in [1.807, 2.05) is 0 Å². The molecule has 0 bridgehead atoms. The van der Waals surface area contributed by atoms with Gasteiger partial charge in [0.15, 0.2) is 12.4 Å². The topological polar surface area (TPSA) is 101 Å². The molecule has 2 unspecified atom stereocenters. The first-order chi connectivity index (χ1) is 7.49. The summed E-state index contributed by atoms with van der Waals surface area (Å²) in [5.74, 6) is -1.08. The maximum atomic E-state index is 10.8. The molecule has 0 heterocycles. The van der Waals surface area contributed by atoms with Gasteiger partial charge in [-0.15, -0.1) is 0 Å². The summed E-state index contributed by atoms with van der Waals surface area (Å²) in [6, 6.07) is 4.33. The van der Waals surface area contributed by atoms with E-state index in [4.69, 9.17) is 17.3 Å². The predicted molar refractivity (Wildman–Crippen MR) is 57.0 cm³/mol. The molecule has 0 spiro atoms. The lowest BCUT2D eigenvalue weighted by atomic mass is 9.99. The van der Waals surface area contributed by atoms with Crippen molar-refractivity contribution in [2.45, 2.75) is 12.2 Å². The van der Waals surface area contributed by atoms with Crippen LogP contribution in [-0.2, 0) is 4.79 Å². The van der Waals surface area contributed by atoms with Crippen LogP contribution in [0.4, 0.5) is 0 Å². The second-order valence-electron chi connectivity index (χ2n) is 3.15. The highest BCUT2D eigenvalue weighted by molar-refractivity contribution is 6.33. The first-order valence-corrected chi connectivity index (χ1v) is 4.76. The van der Waals surface area contributed by atoms with Gasteiger partial charge in [0.05, 0.1) is 5.02 Å². The Morgan fingerprint density at radius 3 is 2.56 bits per heavy atom. The number of rotatable bonds is 4. The first kappa shape index (κ1) is 12.6. The summed E-state index contributed by atoms with van der Waals surface area (Å²) < 4.78 is 0. The minimum Gasteiger partial charge on any atom is -0.385 e. The zero-order valence-electron chi connectivity index (χ0n) is 8.13. The van der Waals surface area contributed by atoms with Crippen LogP contribution in [0.25, 0.3) is 0 Å². The van der Waals surface area contributed by atoms with Gasteiger partial charge >= 0.3 is 0 Å². The van der Waals surface area contributed by atoms with Gasteiger partial charge in [0.25, 0.3) is 0 Å². The van der Waals surface area contributed by atoms with Crippen molar-refractivity contribution in [1.82, 2.24) is 0 Å². The van der Waals surface area contributed by atoms with Crippen LogP contribution in [0.2, 0.25) is 5.02 Å². The lowest BCUT2D eigenvalue weighted by Gasteiger charge is -2.17. The van der Waals surface area contributed by atoms with Gasteiger partial charge in [0, 0.05) is 5.56 Å². The fourth-order valence-corrected chi connectivity index (χ4v) is 1.49. The Balaban J connectivity index is 3.17. The Morgan fingerprint density at radius 2 is 2.06 bits per heavy atom. The molecule has 1 aromatic rings. The Bertz CT molecular complexity index is 421. The van der Waals surface area contributed by atoms with Crippen molar-refractivity contribution >= 4 is 23.8 Å². The molecule has 0 radical (unpaired) electrons. The zero-order valence-corrected chi connectivity index (χ0v) is 8.89. The van der Waals surface area contributed by atoms with Gasteiger partial charge < -0.3 is 15.9 Å². The molecule has 1 rings (SSSR count). The third-order valence-corrected chi connectivity index (χ3v) is 2.44. The third kappa shape index (κ3) is 2.38. The smallest absolute Gasteiger partial charge is 0.249 e. The summed E-state index contributed by atoms with van der Waals surface area (Å²) in [6.45, 7) is 0. The second kappa shape index (κ2) is 5.07. The fourth-order valence-electron chi connectivity index (χ4n) is 1.26. The normalized spacial score (nSPS) is 14.2. The molecule has 1 aromatic carbocycles. The summed E-state index contributed by atoms with van der Waals surface area (Å²) in [6.07, 6.45) is -2.91. The standard InChI is InChI=1S/C10H10ClNO4/c11-7-3-1-2-5(6(7)4-13)8(14)9(15)10(12)16/h1-4,8-9,14-15H,(H2,12,16). The van der Waals surface area contributed by atoms with Gasteiger partial charge in [-0.1, -0.05) is 23.7 Å². The number of hydrogen-bond acceptors (Lipinski definition) is 4. The highest BCUT2D eigenvalue weighted by Crippen LogP contribution is 2.25. The maximum Gasteiger partial charge on any atom is 0.249 e. The van der Waals surface area contributed by atoms with Crippen molar-refractivity contribution in [2.24, 2.45) is 5.73 Å². The summed E-state index contributed by atoms with van der Waals surface area (Å²) in [5.41, 5.74) is 4.92. The van der Waals surface area contributed by atoms with Gasteiger partial charge in [-0.2, -0.15) is 0 Å². The number of aliphatic hydroxyl groups excluding tert-OH is 2. The Hall–Kier alpha value is -1.43. The number of aliphatic hydroxyl groups is 2. The number of halogens is 1. The number of carbonyl (C=O) groups is 2. The van der Waals surface area contributed by atoms with Crippen molar-refractivity contribution in [1.29, 1.82) is 0 Å². The Kier molecular flexibility index (Phi) is 4.00. The van der Waals surface area contributed by atoms with Crippen LogP contribution in [-0.4, -0.2) is 28.5 Å². The van der Waals surface area contributed by atoms with E-state index in [1.165, 1.54) is 18.2 Å². The fraction of sp³-hybridized carbons (Fsp3) is 0.200. The van der Waals surface area contributed by atoms with Crippen LogP contribution in [0, 0.1) is 0 Å². The SMILES string of the molecule is NC(=O)C(O)C(O)c1cccc(Cl)c1C=O. The Labute approximate surface area is 96.4 Å². The van der Waals surface area contributed by atoms with Gasteiger partial charge in [0.1, 0.15) is 6.10 Å². The molecule has 4 N–H and O–H groups in total. The minimum atomic E-state index is -1.78. The molecular weight excluding hydrogens is 234 g/mol. The molecule has 0 saturated carbocycles. The van der Waals surface area contributed by atoms with Crippen molar-refractivity contribution in [3.05, 3.63) is 34.3 Å². The molecule has 0 fully saturated rings. The first-order valence-electron chi connectivity index (χ1n) is 4.38. The number of benzene rings is 1.